The number of anilines is 1. The van der Waals surface area contributed by atoms with E-state index in [1.54, 1.807) is 6.92 Å². The van der Waals surface area contributed by atoms with Crippen molar-refractivity contribution in [3.8, 4) is 0 Å². The highest BCUT2D eigenvalue weighted by atomic mass is 16.4. The highest BCUT2D eigenvalue weighted by molar-refractivity contribution is 5.90. The SMILES string of the molecule is Cc1nnc(NC(=O)CN2CCCC(CCO)C2)o1. The highest BCUT2D eigenvalue weighted by Gasteiger charge is 2.21. The first-order valence-electron chi connectivity index (χ1n) is 6.60. The van der Waals surface area contributed by atoms with Gasteiger partial charge in [0.15, 0.2) is 0 Å². The maximum Gasteiger partial charge on any atom is 0.322 e. The molecule has 106 valence electrons. The number of likely N-dealkylation sites (tertiary alicyclic amines) is 1. The van der Waals surface area contributed by atoms with Crippen LogP contribution in [0.25, 0.3) is 0 Å². The van der Waals surface area contributed by atoms with Gasteiger partial charge in [0, 0.05) is 20.1 Å². The number of aromatic nitrogens is 2. The summed E-state index contributed by atoms with van der Waals surface area (Å²) in [6.07, 6.45) is 3.00. The molecule has 1 aliphatic heterocycles. The van der Waals surface area contributed by atoms with E-state index < -0.39 is 0 Å². The Hall–Kier alpha value is -1.47. The first-order valence-corrected chi connectivity index (χ1v) is 6.60. The van der Waals surface area contributed by atoms with E-state index in [2.05, 4.69) is 20.4 Å². The van der Waals surface area contributed by atoms with Crippen molar-refractivity contribution < 1.29 is 14.3 Å². The lowest BCUT2D eigenvalue weighted by molar-refractivity contribution is -0.117. The zero-order chi connectivity index (χ0) is 13.7. The Balaban J connectivity index is 1.78. The number of aliphatic hydroxyl groups excluding tert-OH is 1. The van der Waals surface area contributed by atoms with E-state index in [1.165, 1.54) is 0 Å². The first kappa shape index (κ1) is 14.0. The summed E-state index contributed by atoms with van der Waals surface area (Å²) in [5.41, 5.74) is 0. The van der Waals surface area contributed by atoms with Crippen LogP contribution in [0.2, 0.25) is 0 Å². The minimum absolute atomic E-state index is 0.145. The summed E-state index contributed by atoms with van der Waals surface area (Å²) < 4.78 is 5.10. The van der Waals surface area contributed by atoms with E-state index in [0.717, 1.165) is 32.4 Å². The zero-order valence-corrected chi connectivity index (χ0v) is 11.1. The largest absolute Gasteiger partial charge is 0.408 e. The predicted octanol–water partition coefficient (Wildman–Crippen LogP) is 0.411. The summed E-state index contributed by atoms with van der Waals surface area (Å²) in [5.74, 6) is 0.766. The fourth-order valence-corrected chi connectivity index (χ4v) is 2.42. The maximum atomic E-state index is 11.8. The summed E-state index contributed by atoms with van der Waals surface area (Å²) in [7, 11) is 0. The number of amides is 1. The van der Waals surface area contributed by atoms with Gasteiger partial charge in [0.1, 0.15) is 0 Å². The molecule has 0 spiro atoms. The van der Waals surface area contributed by atoms with E-state index >= 15 is 0 Å². The summed E-state index contributed by atoms with van der Waals surface area (Å²) in [4.78, 5) is 13.9. The monoisotopic (exact) mass is 268 g/mol. The van der Waals surface area contributed by atoms with Crippen LogP contribution in [0, 0.1) is 12.8 Å². The molecule has 0 aliphatic carbocycles. The van der Waals surface area contributed by atoms with Gasteiger partial charge in [-0.25, -0.2) is 0 Å². The number of hydrogen-bond acceptors (Lipinski definition) is 6. The van der Waals surface area contributed by atoms with Crippen molar-refractivity contribution in [3.63, 3.8) is 0 Å². The van der Waals surface area contributed by atoms with Crippen molar-refractivity contribution in [3.05, 3.63) is 5.89 Å². The van der Waals surface area contributed by atoms with E-state index in [4.69, 9.17) is 9.52 Å². The van der Waals surface area contributed by atoms with Crippen LogP contribution in [0.5, 0.6) is 0 Å². The topological polar surface area (TPSA) is 91.5 Å². The summed E-state index contributed by atoms with van der Waals surface area (Å²) in [5, 5.41) is 18.9. The molecule has 1 atom stereocenters. The third-order valence-electron chi connectivity index (χ3n) is 3.28. The van der Waals surface area contributed by atoms with Gasteiger partial charge in [0.2, 0.25) is 11.8 Å². The van der Waals surface area contributed by atoms with Gasteiger partial charge in [-0.2, -0.15) is 0 Å². The Morgan fingerprint density at radius 3 is 3.11 bits per heavy atom. The molecular formula is C12H20N4O3. The number of aryl methyl sites for hydroxylation is 1. The number of carbonyl (C=O) groups is 1. The molecule has 2 N–H and O–H groups in total. The molecule has 1 aromatic heterocycles. The van der Waals surface area contributed by atoms with E-state index in [1.807, 2.05) is 0 Å². The Labute approximate surface area is 112 Å². The maximum absolute atomic E-state index is 11.8. The van der Waals surface area contributed by atoms with Crippen molar-refractivity contribution in [2.45, 2.75) is 26.2 Å². The molecule has 0 radical (unpaired) electrons. The van der Waals surface area contributed by atoms with Gasteiger partial charge in [-0.15, -0.1) is 5.10 Å². The van der Waals surface area contributed by atoms with Gasteiger partial charge in [-0.1, -0.05) is 5.10 Å². The molecule has 7 heteroatoms. The van der Waals surface area contributed by atoms with Crippen LogP contribution in [0.1, 0.15) is 25.2 Å². The first-order chi connectivity index (χ1) is 9.17. The Morgan fingerprint density at radius 2 is 2.42 bits per heavy atom. The van der Waals surface area contributed by atoms with Gasteiger partial charge < -0.3 is 9.52 Å². The smallest absolute Gasteiger partial charge is 0.322 e. The highest BCUT2D eigenvalue weighted by Crippen LogP contribution is 2.19. The number of piperidine rings is 1. The molecule has 1 saturated heterocycles. The van der Waals surface area contributed by atoms with Gasteiger partial charge in [-0.3, -0.25) is 15.0 Å². The second-order valence-electron chi connectivity index (χ2n) is 4.93. The molecule has 19 heavy (non-hydrogen) atoms. The number of aliphatic hydroxyl groups is 1. The van der Waals surface area contributed by atoms with Crippen LogP contribution in [0.15, 0.2) is 4.42 Å². The summed E-state index contributed by atoms with van der Waals surface area (Å²) >= 11 is 0. The second kappa shape index (κ2) is 6.63. The van der Waals surface area contributed by atoms with Gasteiger partial charge in [0.05, 0.1) is 6.54 Å². The fourth-order valence-electron chi connectivity index (χ4n) is 2.42. The third-order valence-corrected chi connectivity index (χ3v) is 3.28. The lowest BCUT2D eigenvalue weighted by Gasteiger charge is -2.31. The molecule has 7 nitrogen and oxygen atoms in total. The average Bonchev–Trinajstić information content (AvgIpc) is 2.75. The number of nitrogens with zero attached hydrogens (tertiary/aromatic N) is 3. The number of nitrogens with one attached hydrogen (secondary N) is 1. The van der Waals surface area contributed by atoms with E-state index in [-0.39, 0.29) is 18.5 Å². The Morgan fingerprint density at radius 1 is 1.58 bits per heavy atom. The minimum atomic E-state index is -0.145. The van der Waals surface area contributed by atoms with Gasteiger partial charge >= 0.3 is 6.01 Å². The normalized spacial score (nSPS) is 20.4. The van der Waals surface area contributed by atoms with Crippen LogP contribution >= 0.6 is 0 Å². The quantitative estimate of drug-likeness (QED) is 0.803. The Bertz CT molecular complexity index is 419. The van der Waals surface area contributed by atoms with E-state index in [0.29, 0.717) is 18.4 Å². The summed E-state index contributed by atoms with van der Waals surface area (Å²) in [6, 6.07) is 0.145. The molecule has 2 rings (SSSR count). The standard InChI is InChI=1S/C12H20N4O3/c1-9-14-15-12(19-9)13-11(18)8-16-5-2-3-10(7-16)4-6-17/h10,17H,2-8H2,1H3,(H,13,15,18). The fraction of sp³-hybridized carbons (Fsp3) is 0.750. The van der Waals surface area contributed by atoms with Crippen molar-refractivity contribution in [2.24, 2.45) is 5.92 Å². The summed E-state index contributed by atoms with van der Waals surface area (Å²) in [6.45, 7) is 3.98. The lowest BCUT2D eigenvalue weighted by atomic mass is 9.95. The van der Waals surface area contributed by atoms with Gasteiger partial charge in [0.25, 0.3) is 0 Å². The van der Waals surface area contributed by atoms with Crippen LogP contribution in [-0.2, 0) is 4.79 Å². The molecule has 0 bridgehead atoms. The van der Waals surface area contributed by atoms with Crippen molar-refractivity contribution in [1.29, 1.82) is 0 Å². The van der Waals surface area contributed by atoms with Crippen LogP contribution in [0.4, 0.5) is 6.01 Å². The Kier molecular flexibility index (Phi) is 4.86. The number of rotatable bonds is 5. The molecule has 2 heterocycles. The van der Waals surface area contributed by atoms with Crippen LogP contribution < -0.4 is 5.32 Å². The molecule has 1 aliphatic rings. The van der Waals surface area contributed by atoms with Crippen molar-refractivity contribution in [1.82, 2.24) is 15.1 Å². The number of carbonyl (C=O) groups excluding carboxylic acids is 1. The average molecular weight is 268 g/mol. The molecule has 1 unspecified atom stereocenters. The van der Waals surface area contributed by atoms with Crippen LogP contribution in [-0.4, -0.2) is 52.4 Å². The second-order valence-corrected chi connectivity index (χ2v) is 4.93. The van der Waals surface area contributed by atoms with Crippen molar-refractivity contribution in [2.75, 3.05) is 31.6 Å². The molecular weight excluding hydrogens is 248 g/mol. The lowest BCUT2D eigenvalue weighted by Crippen LogP contribution is -2.40. The number of hydrogen-bond donors (Lipinski definition) is 2. The van der Waals surface area contributed by atoms with Crippen molar-refractivity contribution >= 4 is 11.9 Å². The van der Waals surface area contributed by atoms with E-state index in [9.17, 15) is 4.79 Å². The van der Waals surface area contributed by atoms with Crippen LogP contribution in [0.3, 0.4) is 0 Å². The third kappa shape index (κ3) is 4.29. The molecule has 1 fully saturated rings. The minimum Gasteiger partial charge on any atom is -0.408 e. The van der Waals surface area contributed by atoms with Gasteiger partial charge in [-0.05, 0) is 31.7 Å². The molecule has 0 saturated carbocycles. The molecule has 1 amide bonds. The predicted molar refractivity (Wildman–Crippen MR) is 68.5 cm³/mol. The molecule has 0 aromatic carbocycles. The zero-order valence-electron chi connectivity index (χ0n) is 11.1. The molecule has 1 aromatic rings.